The molecule has 0 unspecified atom stereocenters. The first-order valence-electron chi connectivity index (χ1n) is 10.5. The number of para-hydroxylation sites is 1. The molecule has 0 atom stereocenters. The van der Waals surface area contributed by atoms with Crippen LogP contribution in [0.2, 0.25) is 0 Å². The van der Waals surface area contributed by atoms with Crippen molar-refractivity contribution < 1.29 is 23.9 Å². The quantitative estimate of drug-likeness (QED) is 0.425. The van der Waals surface area contributed by atoms with Gasteiger partial charge in [0.1, 0.15) is 0 Å². The normalized spacial score (nSPS) is 10.5. The largest absolute Gasteiger partial charge is 0.465 e. The van der Waals surface area contributed by atoms with Crippen LogP contribution in [0, 0.1) is 0 Å². The van der Waals surface area contributed by atoms with Gasteiger partial charge in [0.25, 0.3) is 5.91 Å². The standard InChI is InChI=1S/C26H21N3O5/c1-33-25(31)18-11-9-17(10-12-18)15-28-24(30)16-34-26(32)20-14-23(22-8-4-5-13-27-22)29-21-7-3-2-6-19(20)21/h2-14H,15-16H2,1H3,(H,28,30). The van der Waals surface area contributed by atoms with E-state index in [9.17, 15) is 14.4 Å². The van der Waals surface area contributed by atoms with E-state index in [2.05, 4.69) is 20.0 Å². The minimum atomic E-state index is -0.631. The lowest BCUT2D eigenvalue weighted by Gasteiger charge is -2.10. The molecule has 1 N–H and O–H groups in total. The number of aromatic nitrogens is 2. The number of fused-ring (bicyclic) bond motifs is 1. The summed E-state index contributed by atoms with van der Waals surface area (Å²) in [7, 11) is 1.31. The molecule has 2 aromatic carbocycles. The van der Waals surface area contributed by atoms with Crippen LogP contribution in [-0.4, -0.2) is 41.5 Å². The second-order valence-corrected chi connectivity index (χ2v) is 7.33. The predicted molar refractivity (Wildman–Crippen MR) is 125 cm³/mol. The lowest BCUT2D eigenvalue weighted by molar-refractivity contribution is -0.124. The molecule has 0 aliphatic heterocycles. The Bertz CT molecular complexity index is 1340. The number of ether oxygens (including phenoxy) is 2. The molecule has 0 aliphatic rings. The van der Waals surface area contributed by atoms with Crippen LogP contribution >= 0.6 is 0 Å². The Labute approximate surface area is 195 Å². The molecule has 0 fully saturated rings. The van der Waals surface area contributed by atoms with Crippen molar-refractivity contribution in [3.63, 3.8) is 0 Å². The topological polar surface area (TPSA) is 107 Å². The van der Waals surface area contributed by atoms with Crippen LogP contribution in [0.3, 0.4) is 0 Å². The van der Waals surface area contributed by atoms with E-state index in [-0.39, 0.29) is 6.54 Å². The van der Waals surface area contributed by atoms with E-state index in [0.717, 1.165) is 5.56 Å². The Morgan fingerprint density at radius 3 is 2.38 bits per heavy atom. The summed E-state index contributed by atoms with van der Waals surface area (Å²) in [6.45, 7) is -0.214. The summed E-state index contributed by atoms with van der Waals surface area (Å²) in [5, 5.41) is 3.31. The van der Waals surface area contributed by atoms with Crippen molar-refractivity contribution >= 4 is 28.7 Å². The Balaban J connectivity index is 1.42. The average Bonchev–Trinajstić information content (AvgIpc) is 2.90. The van der Waals surface area contributed by atoms with Gasteiger partial charge in [-0.2, -0.15) is 0 Å². The van der Waals surface area contributed by atoms with Crippen molar-refractivity contribution in [1.29, 1.82) is 0 Å². The molecule has 2 aromatic heterocycles. The molecular formula is C26H21N3O5. The van der Waals surface area contributed by atoms with Crippen LogP contribution in [-0.2, 0) is 20.8 Å². The maximum atomic E-state index is 12.9. The van der Waals surface area contributed by atoms with Crippen molar-refractivity contribution in [1.82, 2.24) is 15.3 Å². The summed E-state index contributed by atoms with van der Waals surface area (Å²) >= 11 is 0. The zero-order valence-corrected chi connectivity index (χ0v) is 18.4. The van der Waals surface area contributed by atoms with E-state index in [1.807, 2.05) is 12.1 Å². The molecule has 0 spiro atoms. The number of hydrogen-bond donors (Lipinski definition) is 1. The minimum Gasteiger partial charge on any atom is -0.465 e. The first kappa shape index (κ1) is 22.6. The van der Waals surface area contributed by atoms with Crippen molar-refractivity contribution in [3.8, 4) is 11.4 Å². The van der Waals surface area contributed by atoms with Crippen LogP contribution in [0.4, 0.5) is 0 Å². The van der Waals surface area contributed by atoms with E-state index in [4.69, 9.17) is 4.74 Å². The SMILES string of the molecule is COC(=O)c1ccc(CNC(=O)COC(=O)c2cc(-c3ccccn3)nc3ccccc23)cc1. The van der Waals surface area contributed by atoms with Gasteiger partial charge in [-0.1, -0.05) is 36.4 Å². The summed E-state index contributed by atoms with van der Waals surface area (Å²) in [5.41, 5.74) is 3.29. The maximum absolute atomic E-state index is 12.9. The Morgan fingerprint density at radius 1 is 0.882 bits per heavy atom. The second-order valence-electron chi connectivity index (χ2n) is 7.33. The third-order valence-corrected chi connectivity index (χ3v) is 5.06. The van der Waals surface area contributed by atoms with Gasteiger partial charge >= 0.3 is 11.9 Å². The molecule has 34 heavy (non-hydrogen) atoms. The summed E-state index contributed by atoms with van der Waals surface area (Å²) in [6.07, 6.45) is 1.65. The Kier molecular flexibility index (Phi) is 6.88. The zero-order valence-electron chi connectivity index (χ0n) is 18.4. The molecule has 4 aromatic rings. The van der Waals surface area contributed by atoms with Gasteiger partial charge in [-0.3, -0.25) is 9.78 Å². The van der Waals surface area contributed by atoms with Gasteiger partial charge in [0.2, 0.25) is 0 Å². The highest BCUT2D eigenvalue weighted by molar-refractivity contribution is 6.05. The van der Waals surface area contributed by atoms with Gasteiger partial charge in [-0.05, 0) is 42.0 Å². The lowest BCUT2D eigenvalue weighted by Crippen LogP contribution is -2.28. The first-order valence-corrected chi connectivity index (χ1v) is 10.5. The molecule has 0 bridgehead atoms. The summed E-state index contributed by atoms with van der Waals surface area (Å²) in [6, 6.07) is 20.9. The second kappa shape index (κ2) is 10.4. The highest BCUT2D eigenvalue weighted by Crippen LogP contribution is 2.24. The number of carbonyl (C=O) groups excluding carboxylic acids is 3. The van der Waals surface area contributed by atoms with Crippen LogP contribution < -0.4 is 5.32 Å². The number of benzene rings is 2. The highest BCUT2D eigenvalue weighted by Gasteiger charge is 2.17. The number of nitrogens with zero attached hydrogens (tertiary/aromatic N) is 2. The number of methoxy groups -OCH3 is 1. The fourth-order valence-electron chi connectivity index (χ4n) is 3.33. The van der Waals surface area contributed by atoms with Crippen molar-refractivity contribution in [2.75, 3.05) is 13.7 Å². The van der Waals surface area contributed by atoms with Gasteiger partial charge < -0.3 is 14.8 Å². The van der Waals surface area contributed by atoms with Crippen molar-refractivity contribution in [2.24, 2.45) is 0 Å². The van der Waals surface area contributed by atoms with Gasteiger partial charge in [-0.15, -0.1) is 0 Å². The smallest absolute Gasteiger partial charge is 0.339 e. The van der Waals surface area contributed by atoms with Crippen molar-refractivity contribution in [2.45, 2.75) is 6.54 Å². The number of carbonyl (C=O) groups is 3. The number of pyridine rings is 2. The highest BCUT2D eigenvalue weighted by atomic mass is 16.5. The Hall–Kier alpha value is -4.59. The van der Waals surface area contributed by atoms with Crippen LogP contribution in [0.5, 0.6) is 0 Å². The summed E-state index contributed by atoms with van der Waals surface area (Å²) in [5.74, 6) is -1.51. The number of amides is 1. The van der Waals surface area contributed by atoms with E-state index in [1.165, 1.54) is 7.11 Å². The van der Waals surface area contributed by atoms with Crippen LogP contribution in [0.25, 0.3) is 22.3 Å². The summed E-state index contributed by atoms with van der Waals surface area (Å²) < 4.78 is 9.94. The monoisotopic (exact) mass is 455 g/mol. The van der Waals surface area contributed by atoms with Gasteiger partial charge in [0.15, 0.2) is 6.61 Å². The Morgan fingerprint density at radius 2 is 1.65 bits per heavy atom. The molecule has 0 radical (unpaired) electrons. The predicted octanol–water partition coefficient (Wildman–Crippen LogP) is 3.56. The van der Waals surface area contributed by atoms with E-state index < -0.39 is 24.5 Å². The molecule has 0 saturated heterocycles. The van der Waals surface area contributed by atoms with Gasteiger partial charge in [0, 0.05) is 18.1 Å². The lowest BCUT2D eigenvalue weighted by atomic mass is 10.1. The minimum absolute atomic E-state index is 0.222. The number of rotatable bonds is 7. The first-order chi connectivity index (χ1) is 16.5. The van der Waals surface area contributed by atoms with Gasteiger partial charge in [0.05, 0.1) is 35.1 Å². The van der Waals surface area contributed by atoms with E-state index >= 15 is 0 Å². The number of nitrogens with one attached hydrogen (secondary N) is 1. The van der Waals surface area contributed by atoms with E-state index in [1.54, 1.807) is 66.9 Å². The molecule has 0 aliphatic carbocycles. The molecule has 2 heterocycles. The molecule has 1 amide bonds. The van der Waals surface area contributed by atoms with E-state index in [0.29, 0.717) is 33.4 Å². The van der Waals surface area contributed by atoms with Gasteiger partial charge in [-0.25, -0.2) is 14.6 Å². The van der Waals surface area contributed by atoms with Crippen molar-refractivity contribution in [3.05, 3.63) is 95.7 Å². The number of hydrogen-bond acceptors (Lipinski definition) is 7. The molecular weight excluding hydrogens is 434 g/mol. The maximum Gasteiger partial charge on any atom is 0.339 e. The molecule has 4 rings (SSSR count). The fraction of sp³-hybridized carbons (Fsp3) is 0.115. The molecule has 8 heteroatoms. The fourth-order valence-corrected chi connectivity index (χ4v) is 3.33. The molecule has 0 saturated carbocycles. The molecule has 8 nitrogen and oxygen atoms in total. The third kappa shape index (κ3) is 5.24. The van der Waals surface area contributed by atoms with Crippen LogP contribution in [0.1, 0.15) is 26.3 Å². The van der Waals surface area contributed by atoms with Crippen LogP contribution in [0.15, 0.2) is 79.0 Å². The zero-order chi connectivity index (χ0) is 23.9. The number of esters is 2. The summed E-state index contributed by atoms with van der Waals surface area (Å²) in [4.78, 5) is 45.5. The average molecular weight is 455 g/mol. The molecule has 170 valence electrons. The third-order valence-electron chi connectivity index (χ3n) is 5.06.